The van der Waals surface area contributed by atoms with E-state index in [9.17, 15) is 9.59 Å². The number of carbonyl (C=O) groups is 2. The fourth-order valence-corrected chi connectivity index (χ4v) is 4.24. The number of hydrogen-bond donors (Lipinski definition) is 2. The Labute approximate surface area is 185 Å². The van der Waals surface area contributed by atoms with Gasteiger partial charge in [0.25, 0.3) is 5.91 Å². The fourth-order valence-electron chi connectivity index (χ4n) is 3.62. The number of aryl methyl sites for hydroxylation is 1. The van der Waals surface area contributed by atoms with E-state index in [1.54, 1.807) is 6.07 Å². The van der Waals surface area contributed by atoms with Crippen LogP contribution < -0.4 is 10.6 Å². The Kier molecular flexibility index (Phi) is 6.79. The summed E-state index contributed by atoms with van der Waals surface area (Å²) in [6.07, 6.45) is 3.33. The lowest BCUT2D eigenvalue weighted by atomic mass is 10.1. The molecule has 0 saturated carbocycles. The molecular weight excluding hydrogens is 406 g/mol. The number of amides is 2. The van der Waals surface area contributed by atoms with Gasteiger partial charge in [-0.05, 0) is 40.9 Å². The van der Waals surface area contributed by atoms with Crippen LogP contribution in [0.3, 0.4) is 0 Å². The zero-order valence-corrected chi connectivity index (χ0v) is 18.0. The van der Waals surface area contributed by atoms with Crippen molar-refractivity contribution < 1.29 is 9.59 Å². The summed E-state index contributed by atoms with van der Waals surface area (Å²) in [4.78, 5) is 26.0. The number of benzene rings is 2. The van der Waals surface area contributed by atoms with Crippen LogP contribution in [0.4, 0.5) is 0 Å². The molecule has 0 saturated heterocycles. The second kappa shape index (κ2) is 10.1. The van der Waals surface area contributed by atoms with Gasteiger partial charge >= 0.3 is 0 Å². The van der Waals surface area contributed by atoms with Crippen molar-refractivity contribution in [3.63, 3.8) is 0 Å². The van der Waals surface area contributed by atoms with Crippen molar-refractivity contribution in [2.45, 2.75) is 25.4 Å². The largest absolute Gasteiger partial charge is 0.354 e. The number of aromatic nitrogens is 1. The molecule has 0 unspecified atom stereocenters. The van der Waals surface area contributed by atoms with Gasteiger partial charge in [-0.15, -0.1) is 11.3 Å². The van der Waals surface area contributed by atoms with Crippen LogP contribution in [0.25, 0.3) is 10.9 Å². The third-order valence-electron chi connectivity index (χ3n) is 5.20. The minimum atomic E-state index is -0.621. The Morgan fingerprint density at radius 1 is 0.935 bits per heavy atom. The van der Waals surface area contributed by atoms with Crippen molar-refractivity contribution in [1.29, 1.82) is 0 Å². The van der Waals surface area contributed by atoms with E-state index >= 15 is 0 Å². The number of thiophene rings is 1. The van der Waals surface area contributed by atoms with Crippen molar-refractivity contribution >= 4 is 34.1 Å². The number of hydrogen-bond acceptors (Lipinski definition) is 3. The molecule has 0 radical (unpaired) electrons. The molecule has 158 valence electrons. The summed E-state index contributed by atoms with van der Waals surface area (Å²) in [5.41, 5.74) is 2.20. The van der Waals surface area contributed by atoms with Gasteiger partial charge in [-0.25, -0.2) is 0 Å². The maximum absolute atomic E-state index is 12.9. The van der Waals surface area contributed by atoms with Crippen molar-refractivity contribution in [3.8, 4) is 0 Å². The fraction of sp³-hybridized carbons (Fsp3) is 0.200. The molecule has 0 aliphatic carbocycles. The molecule has 5 nitrogen and oxygen atoms in total. The van der Waals surface area contributed by atoms with Gasteiger partial charge in [-0.3, -0.25) is 9.59 Å². The van der Waals surface area contributed by atoms with E-state index in [0.29, 0.717) is 17.8 Å². The third-order valence-corrected chi connectivity index (χ3v) is 6.07. The SMILES string of the molecule is O=C(N[C@H](Cc1ccccc1)C(=O)NCCCn1ccc2ccccc21)c1cccs1. The topological polar surface area (TPSA) is 63.1 Å². The van der Waals surface area contributed by atoms with Crippen LogP contribution in [0.1, 0.15) is 21.7 Å². The normalized spacial score (nSPS) is 11.9. The van der Waals surface area contributed by atoms with E-state index < -0.39 is 6.04 Å². The van der Waals surface area contributed by atoms with Gasteiger partial charge < -0.3 is 15.2 Å². The number of nitrogens with one attached hydrogen (secondary N) is 2. The summed E-state index contributed by atoms with van der Waals surface area (Å²) in [6, 6.07) is 23.1. The van der Waals surface area contributed by atoms with E-state index in [1.165, 1.54) is 22.2 Å². The first kappa shape index (κ1) is 20.9. The van der Waals surface area contributed by atoms with Gasteiger partial charge in [0.2, 0.25) is 5.91 Å². The number of fused-ring (bicyclic) bond motifs is 1. The highest BCUT2D eigenvalue weighted by Crippen LogP contribution is 2.15. The molecule has 6 heteroatoms. The quantitative estimate of drug-likeness (QED) is 0.389. The van der Waals surface area contributed by atoms with Crippen LogP contribution in [-0.4, -0.2) is 29.0 Å². The lowest BCUT2D eigenvalue weighted by Crippen LogP contribution is -2.48. The van der Waals surface area contributed by atoms with Gasteiger partial charge in [0.05, 0.1) is 4.88 Å². The molecule has 2 aromatic heterocycles. The smallest absolute Gasteiger partial charge is 0.262 e. The maximum atomic E-state index is 12.9. The second-order valence-electron chi connectivity index (χ2n) is 7.41. The first-order valence-corrected chi connectivity index (χ1v) is 11.3. The highest BCUT2D eigenvalue weighted by molar-refractivity contribution is 7.12. The summed E-state index contributed by atoms with van der Waals surface area (Å²) in [7, 11) is 0. The second-order valence-corrected chi connectivity index (χ2v) is 8.35. The molecule has 4 aromatic rings. The van der Waals surface area contributed by atoms with Crippen LogP contribution in [-0.2, 0) is 17.8 Å². The van der Waals surface area contributed by atoms with Crippen LogP contribution in [0.2, 0.25) is 0 Å². The average molecular weight is 432 g/mol. The summed E-state index contributed by atoms with van der Waals surface area (Å²) >= 11 is 1.37. The first-order valence-electron chi connectivity index (χ1n) is 10.4. The molecule has 0 spiro atoms. The predicted molar refractivity (Wildman–Crippen MR) is 125 cm³/mol. The molecule has 0 bridgehead atoms. The van der Waals surface area contributed by atoms with E-state index in [1.807, 2.05) is 53.9 Å². The minimum Gasteiger partial charge on any atom is -0.354 e. The molecule has 0 aliphatic rings. The summed E-state index contributed by atoms with van der Waals surface area (Å²) in [5, 5.41) is 8.97. The number of para-hydroxylation sites is 1. The van der Waals surface area contributed by atoms with E-state index in [2.05, 4.69) is 39.6 Å². The number of nitrogens with zero attached hydrogens (tertiary/aromatic N) is 1. The van der Waals surface area contributed by atoms with Crippen LogP contribution in [0.15, 0.2) is 84.4 Å². The van der Waals surface area contributed by atoms with Gasteiger partial charge in [0, 0.05) is 31.2 Å². The van der Waals surface area contributed by atoms with Crippen molar-refractivity contribution in [3.05, 3.63) is 94.8 Å². The van der Waals surface area contributed by atoms with Gasteiger partial charge in [-0.2, -0.15) is 0 Å². The molecule has 0 fully saturated rings. The summed E-state index contributed by atoms with van der Waals surface area (Å²) in [6.45, 7) is 1.37. The highest BCUT2D eigenvalue weighted by Gasteiger charge is 2.22. The molecule has 2 N–H and O–H groups in total. The lowest BCUT2D eigenvalue weighted by molar-refractivity contribution is -0.122. The predicted octanol–water partition coefficient (Wildman–Crippen LogP) is 4.25. The standard InChI is InChI=1S/C25H25N3O2S/c29-24(26-14-7-15-28-16-13-20-10-4-5-11-22(20)28)21(18-19-8-2-1-3-9-19)27-25(30)23-12-6-17-31-23/h1-6,8-13,16-17,21H,7,14-15,18H2,(H,26,29)(H,27,30)/t21-/m1/s1. The average Bonchev–Trinajstić information content (AvgIpc) is 3.47. The van der Waals surface area contributed by atoms with Gasteiger partial charge in [0.15, 0.2) is 0 Å². The third kappa shape index (κ3) is 5.41. The van der Waals surface area contributed by atoms with E-state index in [0.717, 1.165) is 18.5 Å². The van der Waals surface area contributed by atoms with Crippen molar-refractivity contribution in [1.82, 2.24) is 15.2 Å². The molecule has 4 rings (SSSR count). The zero-order chi connectivity index (χ0) is 21.5. The van der Waals surface area contributed by atoms with E-state index in [4.69, 9.17) is 0 Å². The monoisotopic (exact) mass is 431 g/mol. The van der Waals surface area contributed by atoms with E-state index in [-0.39, 0.29) is 11.8 Å². The Morgan fingerprint density at radius 3 is 2.55 bits per heavy atom. The Hall–Kier alpha value is -3.38. The molecule has 0 aliphatic heterocycles. The minimum absolute atomic E-state index is 0.161. The lowest BCUT2D eigenvalue weighted by Gasteiger charge is -2.18. The number of carbonyl (C=O) groups excluding carboxylic acids is 2. The highest BCUT2D eigenvalue weighted by atomic mass is 32.1. The maximum Gasteiger partial charge on any atom is 0.262 e. The molecular formula is C25H25N3O2S. The van der Waals surface area contributed by atoms with Gasteiger partial charge in [-0.1, -0.05) is 54.6 Å². The molecule has 1 atom stereocenters. The van der Waals surface area contributed by atoms with Crippen molar-refractivity contribution in [2.75, 3.05) is 6.54 Å². The molecule has 31 heavy (non-hydrogen) atoms. The van der Waals surface area contributed by atoms with Crippen LogP contribution in [0, 0.1) is 0 Å². The Balaban J connectivity index is 1.35. The Bertz CT molecular complexity index is 1140. The Morgan fingerprint density at radius 2 is 1.74 bits per heavy atom. The first-order chi connectivity index (χ1) is 15.2. The van der Waals surface area contributed by atoms with Crippen LogP contribution >= 0.6 is 11.3 Å². The zero-order valence-electron chi connectivity index (χ0n) is 17.2. The summed E-state index contributed by atoms with van der Waals surface area (Å²) in [5.74, 6) is -0.379. The van der Waals surface area contributed by atoms with Crippen LogP contribution in [0.5, 0.6) is 0 Å². The number of rotatable bonds is 9. The molecule has 2 heterocycles. The summed E-state index contributed by atoms with van der Waals surface area (Å²) < 4.78 is 2.20. The molecule has 2 aromatic carbocycles. The van der Waals surface area contributed by atoms with Gasteiger partial charge in [0.1, 0.15) is 6.04 Å². The molecule has 2 amide bonds. The van der Waals surface area contributed by atoms with Crippen molar-refractivity contribution in [2.24, 2.45) is 0 Å².